The maximum absolute atomic E-state index is 5.08. The van der Waals surface area contributed by atoms with Crippen molar-refractivity contribution in [1.82, 2.24) is 14.0 Å². The highest BCUT2D eigenvalue weighted by Crippen LogP contribution is 2.36. The third kappa shape index (κ3) is 3.22. The Balaban J connectivity index is 1.61. The largest absolute Gasteiger partial charge is 0.277 e. The van der Waals surface area contributed by atoms with Gasteiger partial charge in [0.15, 0.2) is 0 Å². The van der Waals surface area contributed by atoms with Crippen LogP contribution in [0.2, 0.25) is 0 Å². The Bertz CT molecular complexity index is 1790. The van der Waals surface area contributed by atoms with E-state index in [0.717, 1.165) is 38.0 Å². The van der Waals surface area contributed by atoms with Gasteiger partial charge in [-0.15, -0.1) is 0 Å². The van der Waals surface area contributed by atoms with Gasteiger partial charge in [-0.1, -0.05) is 78.9 Å². The van der Waals surface area contributed by atoms with E-state index in [1.807, 2.05) is 6.07 Å². The van der Waals surface area contributed by atoms with Crippen LogP contribution in [0.5, 0.6) is 0 Å². The molecule has 0 aliphatic rings. The Morgan fingerprint density at radius 3 is 1.83 bits per heavy atom. The fourth-order valence-electron chi connectivity index (χ4n) is 4.99. The quantitative estimate of drug-likeness (QED) is 0.232. The zero-order valence-corrected chi connectivity index (χ0v) is 20.4. The fourth-order valence-corrected chi connectivity index (χ4v) is 5.52. The molecular weight excluding hydrogens is 494 g/mol. The lowest BCUT2D eigenvalue weighted by molar-refractivity contribution is 1.11. The van der Waals surface area contributed by atoms with E-state index in [9.17, 15) is 0 Å². The molecule has 2 heterocycles. The number of nitrogens with zero attached hydrogens (tertiary/aromatic N) is 3. The van der Waals surface area contributed by atoms with Crippen LogP contribution in [-0.4, -0.2) is 14.0 Å². The minimum Gasteiger partial charge on any atom is -0.277 e. The lowest BCUT2D eigenvalue weighted by atomic mass is 9.98. The van der Waals surface area contributed by atoms with Crippen molar-refractivity contribution in [3.63, 3.8) is 0 Å². The van der Waals surface area contributed by atoms with E-state index in [-0.39, 0.29) is 0 Å². The van der Waals surface area contributed by atoms with Crippen molar-refractivity contribution in [2.24, 2.45) is 0 Å². The number of rotatable bonds is 3. The standard InChI is InChI=1S/C31H20BrN3/c32-26-14-9-17-29-30(26)34(31-33-27-15-7-8-16-28(27)35(29)31)25-19-23(21-10-3-1-4-11-21)18-24(20-25)22-12-5-2-6-13-22/h1-20H. The molecule has 0 radical (unpaired) electrons. The van der Waals surface area contributed by atoms with E-state index in [1.165, 1.54) is 22.3 Å². The van der Waals surface area contributed by atoms with Crippen LogP contribution in [0.15, 0.2) is 126 Å². The summed E-state index contributed by atoms with van der Waals surface area (Å²) in [6, 6.07) is 42.6. The minimum absolute atomic E-state index is 0.900. The number of benzene rings is 5. The molecule has 0 saturated heterocycles. The maximum atomic E-state index is 5.08. The second-order valence-electron chi connectivity index (χ2n) is 8.68. The first-order valence-corrected chi connectivity index (χ1v) is 12.4. The summed E-state index contributed by atoms with van der Waals surface area (Å²) < 4.78 is 5.57. The van der Waals surface area contributed by atoms with Gasteiger partial charge in [-0.05, 0) is 80.6 Å². The molecule has 0 aliphatic heterocycles. The summed E-state index contributed by atoms with van der Waals surface area (Å²) in [5.74, 6) is 0.900. The molecular formula is C31H20BrN3. The molecule has 7 aromatic rings. The maximum Gasteiger partial charge on any atom is 0.220 e. The van der Waals surface area contributed by atoms with E-state index in [2.05, 4.69) is 140 Å². The van der Waals surface area contributed by atoms with Gasteiger partial charge in [0.2, 0.25) is 5.78 Å². The molecule has 0 unspecified atom stereocenters. The van der Waals surface area contributed by atoms with Crippen LogP contribution in [0.4, 0.5) is 0 Å². The Morgan fingerprint density at radius 2 is 1.14 bits per heavy atom. The number of hydrogen-bond acceptors (Lipinski definition) is 1. The Kier molecular flexibility index (Phi) is 4.61. The predicted octanol–water partition coefficient (Wildman–Crippen LogP) is 8.53. The monoisotopic (exact) mass is 513 g/mol. The number of fused-ring (bicyclic) bond motifs is 5. The summed E-state index contributed by atoms with van der Waals surface area (Å²) in [6.45, 7) is 0. The molecule has 0 aliphatic carbocycles. The summed E-state index contributed by atoms with van der Waals surface area (Å²) in [4.78, 5) is 5.08. The van der Waals surface area contributed by atoms with E-state index >= 15 is 0 Å². The van der Waals surface area contributed by atoms with Crippen molar-refractivity contribution in [2.45, 2.75) is 0 Å². The zero-order chi connectivity index (χ0) is 23.4. The first-order chi connectivity index (χ1) is 17.3. The average molecular weight is 514 g/mol. The summed E-state index contributed by atoms with van der Waals surface area (Å²) >= 11 is 3.84. The van der Waals surface area contributed by atoms with Crippen molar-refractivity contribution in [3.05, 3.63) is 126 Å². The summed E-state index contributed by atoms with van der Waals surface area (Å²) in [5, 5.41) is 0. The highest BCUT2D eigenvalue weighted by atomic mass is 79.9. The molecule has 166 valence electrons. The Labute approximate surface area is 211 Å². The van der Waals surface area contributed by atoms with Crippen LogP contribution >= 0.6 is 15.9 Å². The van der Waals surface area contributed by atoms with Crippen molar-refractivity contribution in [1.29, 1.82) is 0 Å². The summed E-state index contributed by atoms with van der Waals surface area (Å²) in [5.41, 5.74) is 10.1. The number of halogens is 1. The van der Waals surface area contributed by atoms with Crippen molar-refractivity contribution in [3.8, 4) is 27.9 Å². The topological polar surface area (TPSA) is 22.2 Å². The molecule has 0 saturated carbocycles. The lowest BCUT2D eigenvalue weighted by Gasteiger charge is -2.13. The van der Waals surface area contributed by atoms with E-state index in [0.29, 0.717) is 0 Å². The zero-order valence-electron chi connectivity index (χ0n) is 18.8. The Hall–Kier alpha value is -4.15. The molecule has 35 heavy (non-hydrogen) atoms. The third-order valence-corrected chi connectivity index (χ3v) is 7.20. The van der Waals surface area contributed by atoms with E-state index < -0.39 is 0 Å². The number of aromatic nitrogens is 3. The van der Waals surface area contributed by atoms with Gasteiger partial charge in [-0.25, -0.2) is 4.98 Å². The number of para-hydroxylation sites is 3. The molecule has 2 aromatic heterocycles. The average Bonchev–Trinajstić information content (AvgIpc) is 3.45. The number of hydrogen-bond donors (Lipinski definition) is 0. The van der Waals surface area contributed by atoms with Gasteiger partial charge >= 0.3 is 0 Å². The smallest absolute Gasteiger partial charge is 0.220 e. The van der Waals surface area contributed by atoms with Gasteiger partial charge < -0.3 is 0 Å². The van der Waals surface area contributed by atoms with Crippen LogP contribution in [0.25, 0.3) is 55.8 Å². The molecule has 0 N–H and O–H groups in total. The lowest BCUT2D eigenvalue weighted by Crippen LogP contribution is -1.97. The number of imidazole rings is 2. The molecule has 7 rings (SSSR count). The molecule has 0 fully saturated rings. The van der Waals surface area contributed by atoms with Gasteiger partial charge in [0.25, 0.3) is 0 Å². The summed E-state index contributed by atoms with van der Waals surface area (Å²) in [6.07, 6.45) is 0. The van der Waals surface area contributed by atoms with Gasteiger partial charge in [0.05, 0.1) is 27.8 Å². The van der Waals surface area contributed by atoms with E-state index in [4.69, 9.17) is 4.98 Å². The highest BCUT2D eigenvalue weighted by molar-refractivity contribution is 9.10. The molecule has 5 aromatic carbocycles. The molecule has 3 nitrogen and oxygen atoms in total. The first kappa shape index (κ1) is 20.2. The van der Waals surface area contributed by atoms with Crippen LogP contribution in [0.3, 0.4) is 0 Å². The van der Waals surface area contributed by atoms with Crippen molar-refractivity contribution in [2.75, 3.05) is 0 Å². The Morgan fingerprint density at radius 1 is 0.543 bits per heavy atom. The van der Waals surface area contributed by atoms with Crippen LogP contribution in [0, 0.1) is 0 Å². The van der Waals surface area contributed by atoms with Crippen LogP contribution in [0.1, 0.15) is 0 Å². The van der Waals surface area contributed by atoms with Gasteiger partial charge in [-0.3, -0.25) is 8.97 Å². The SMILES string of the molecule is Brc1cccc2c1n(-c1cc(-c3ccccc3)cc(-c3ccccc3)c1)c1nc3ccccc3n21. The van der Waals surface area contributed by atoms with Gasteiger partial charge in [0.1, 0.15) is 0 Å². The molecule has 0 bridgehead atoms. The second kappa shape index (κ2) is 7.97. The molecule has 0 atom stereocenters. The third-order valence-electron chi connectivity index (χ3n) is 6.56. The molecule has 4 heteroatoms. The molecule has 0 spiro atoms. The van der Waals surface area contributed by atoms with Crippen molar-refractivity contribution < 1.29 is 0 Å². The molecule has 0 amide bonds. The van der Waals surface area contributed by atoms with Gasteiger partial charge in [0, 0.05) is 4.47 Å². The van der Waals surface area contributed by atoms with Crippen LogP contribution < -0.4 is 0 Å². The fraction of sp³-hybridized carbons (Fsp3) is 0. The van der Waals surface area contributed by atoms with E-state index in [1.54, 1.807) is 0 Å². The normalized spacial score (nSPS) is 11.6. The van der Waals surface area contributed by atoms with Crippen molar-refractivity contribution >= 4 is 43.8 Å². The summed E-state index contributed by atoms with van der Waals surface area (Å²) in [7, 11) is 0. The van der Waals surface area contributed by atoms with Gasteiger partial charge in [-0.2, -0.15) is 0 Å². The van der Waals surface area contributed by atoms with Crippen LogP contribution in [-0.2, 0) is 0 Å². The minimum atomic E-state index is 0.900. The second-order valence-corrected chi connectivity index (χ2v) is 9.53. The predicted molar refractivity (Wildman–Crippen MR) is 148 cm³/mol. The first-order valence-electron chi connectivity index (χ1n) is 11.6. The highest BCUT2D eigenvalue weighted by Gasteiger charge is 2.19.